The van der Waals surface area contributed by atoms with Crippen molar-refractivity contribution in [3.8, 4) is 0 Å². The summed E-state index contributed by atoms with van der Waals surface area (Å²) in [4.78, 5) is 0. The zero-order chi connectivity index (χ0) is 19.2. The van der Waals surface area contributed by atoms with E-state index in [4.69, 9.17) is 5.73 Å². The third kappa shape index (κ3) is 16.2. The monoisotopic (exact) mass is 331 g/mol. The van der Waals surface area contributed by atoms with Gasteiger partial charge < -0.3 is 5.73 Å². The lowest BCUT2D eigenvalue weighted by atomic mass is 10.2. The summed E-state index contributed by atoms with van der Waals surface area (Å²) in [6.45, 7) is 18.2. The topological polar surface area (TPSA) is 50.4 Å². The first-order valence-electron chi connectivity index (χ1n) is 8.80. The number of hydrogen-bond donors (Lipinski definition) is 2. The average Bonchev–Trinajstić information content (AvgIpc) is 2.68. The fourth-order valence-electron chi connectivity index (χ4n) is 1.22. The maximum absolute atomic E-state index is 5.53. The van der Waals surface area contributed by atoms with E-state index >= 15 is 0 Å². The number of allylic oxidation sites excluding steroid dienone is 3. The number of benzene rings is 1. The molecule has 0 aliphatic heterocycles. The van der Waals surface area contributed by atoms with Crippen molar-refractivity contribution >= 4 is 11.9 Å². The van der Waals surface area contributed by atoms with Gasteiger partial charge in [0.2, 0.25) is 0 Å². The first kappa shape index (κ1) is 26.8. The van der Waals surface area contributed by atoms with E-state index in [9.17, 15) is 0 Å². The van der Waals surface area contributed by atoms with Gasteiger partial charge in [0.15, 0.2) is 0 Å². The maximum Gasteiger partial charge on any atom is 0.0561 e. The van der Waals surface area contributed by atoms with Crippen LogP contribution in [-0.4, -0.2) is 12.8 Å². The lowest BCUT2D eigenvalue weighted by Gasteiger charge is -1.98. The van der Waals surface area contributed by atoms with E-state index in [1.807, 2.05) is 91.0 Å². The molecule has 3 heteroatoms. The van der Waals surface area contributed by atoms with Crippen LogP contribution in [0, 0.1) is 0 Å². The van der Waals surface area contributed by atoms with Gasteiger partial charge in [-0.05, 0) is 30.2 Å². The lowest BCUT2D eigenvalue weighted by molar-refractivity contribution is 1.19. The molecule has 0 saturated heterocycles. The SMILES string of the molecule is C=C\C(=C/C=C(C)/C=N/Nc1ccccc1)CN.CC.CC.CC. The summed E-state index contributed by atoms with van der Waals surface area (Å²) in [6, 6.07) is 9.80. The first-order chi connectivity index (χ1) is 11.8. The zero-order valence-corrected chi connectivity index (χ0v) is 16.6. The molecule has 0 atom stereocenters. The zero-order valence-electron chi connectivity index (χ0n) is 16.6. The van der Waals surface area contributed by atoms with Crippen LogP contribution in [0.1, 0.15) is 48.5 Å². The second-order valence-corrected chi connectivity index (χ2v) is 3.80. The van der Waals surface area contributed by atoms with Crippen molar-refractivity contribution in [2.24, 2.45) is 10.8 Å². The molecule has 0 radical (unpaired) electrons. The van der Waals surface area contributed by atoms with Gasteiger partial charge in [0.05, 0.1) is 11.9 Å². The van der Waals surface area contributed by atoms with Crippen molar-refractivity contribution in [1.29, 1.82) is 0 Å². The number of nitrogens with two attached hydrogens (primary N) is 1. The Morgan fingerprint density at radius 2 is 1.58 bits per heavy atom. The van der Waals surface area contributed by atoms with Gasteiger partial charge in [-0.25, -0.2) is 0 Å². The summed E-state index contributed by atoms with van der Waals surface area (Å²) in [5, 5.41) is 4.14. The number of hydrazone groups is 1. The molecule has 1 aromatic rings. The smallest absolute Gasteiger partial charge is 0.0561 e. The molecule has 0 aromatic heterocycles. The molecule has 24 heavy (non-hydrogen) atoms. The van der Waals surface area contributed by atoms with Gasteiger partial charge in [0.1, 0.15) is 0 Å². The average molecular weight is 332 g/mol. The van der Waals surface area contributed by atoms with Gasteiger partial charge in [-0.1, -0.05) is 84.5 Å². The van der Waals surface area contributed by atoms with E-state index in [1.165, 1.54) is 0 Å². The van der Waals surface area contributed by atoms with Crippen LogP contribution in [0.5, 0.6) is 0 Å². The van der Waals surface area contributed by atoms with E-state index in [0.717, 1.165) is 16.8 Å². The van der Waals surface area contributed by atoms with Gasteiger partial charge in [-0.2, -0.15) is 5.10 Å². The van der Waals surface area contributed by atoms with Crippen LogP contribution in [0.3, 0.4) is 0 Å². The Balaban J connectivity index is -0.000000659. The lowest BCUT2D eigenvalue weighted by Crippen LogP contribution is -2.00. The van der Waals surface area contributed by atoms with E-state index in [2.05, 4.69) is 17.1 Å². The largest absolute Gasteiger partial charge is 0.326 e. The molecular weight excluding hydrogens is 294 g/mol. The second-order valence-electron chi connectivity index (χ2n) is 3.80. The number of nitrogens with one attached hydrogen (secondary N) is 1. The Morgan fingerprint density at radius 3 is 2.04 bits per heavy atom. The van der Waals surface area contributed by atoms with Crippen molar-refractivity contribution in [2.75, 3.05) is 12.0 Å². The Labute approximate surface area is 150 Å². The first-order valence-corrected chi connectivity index (χ1v) is 8.80. The fourth-order valence-corrected chi connectivity index (χ4v) is 1.22. The molecule has 0 aliphatic carbocycles. The predicted molar refractivity (Wildman–Crippen MR) is 114 cm³/mol. The molecule has 0 aliphatic rings. The van der Waals surface area contributed by atoms with Gasteiger partial charge in [0, 0.05) is 6.54 Å². The Bertz CT molecular complexity index is 457. The number of hydrogen-bond acceptors (Lipinski definition) is 3. The number of rotatable bonds is 6. The van der Waals surface area contributed by atoms with E-state index in [0.29, 0.717) is 6.54 Å². The molecule has 0 heterocycles. The molecule has 1 rings (SSSR count). The van der Waals surface area contributed by atoms with E-state index in [-0.39, 0.29) is 0 Å². The predicted octanol–water partition coefficient (Wildman–Crippen LogP) is 6.18. The molecular formula is C21H37N3. The van der Waals surface area contributed by atoms with Crippen LogP contribution in [-0.2, 0) is 0 Å². The van der Waals surface area contributed by atoms with E-state index in [1.54, 1.807) is 12.3 Å². The molecule has 3 N–H and O–H groups in total. The fraction of sp³-hybridized carbons (Fsp3) is 0.381. The Hall–Kier alpha value is -2.13. The summed E-state index contributed by atoms with van der Waals surface area (Å²) in [5.41, 5.74) is 11.5. The molecule has 0 unspecified atom stereocenters. The number of para-hydroxylation sites is 1. The Kier molecular flexibility index (Phi) is 25.8. The molecule has 0 bridgehead atoms. The van der Waals surface area contributed by atoms with Crippen molar-refractivity contribution in [3.63, 3.8) is 0 Å². The van der Waals surface area contributed by atoms with Crippen molar-refractivity contribution in [2.45, 2.75) is 48.5 Å². The summed E-state index contributed by atoms with van der Waals surface area (Å²) >= 11 is 0. The Morgan fingerprint density at radius 1 is 1.04 bits per heavy atom. The quantitative estimate of drug-likeness (QED) is 0.371. The molecule has 1 aromatic carbocycles. The minimum Gasteiger partial charge on any atom is -0.326 e. The third-order valence-corrected chi connectivity index (χ3v) is 2.29. The van der Waals surface area contributed by atoms with Crippen LogP contribution >= 0.6 is 0 Å². The van der Waals surface area contributed by atoms with Crippen LogP contribution < -0.4 is 11.2 Å². The number of anilines is 1. The van der Waals surface area contributed by atoms with Crippen LogP contribution in [0.2, 0.25) is 0 Å². The van der Waals surface area contributed by atoms with Gasteiger partial charge >= 0.3 is 0 Å². The summed E-state index contributed by atoms with van der Waals surface area (Å²) in [5.74, 6) is 0. The van der Waals surface area contributed by atoms with Crippen molar-refractivity contribution in [3.05, 3.63) is 66.3 Å². The molecule has 0 fully saturated rings. The van der Waals surface area contributed by atoms with Crippen molar-refractivity contribution in [1.82, 2.24) is 0 Å². The molecule has 0 amide bonds. The van der Waals surface area contributed by atoms with Gasteiger partial charge in [-0.3, -0.25) is 5.43 Å². The summed E-state index contributed by atoms with van der Waals surface area (Å²) in [7, 11) is 0. The minimum atomic E-state index is 0.493. The molecule has 136 valence electrons. The minimum absolute atomic E-state index is 0.493. The van der Waals surface area contributed by atoms with Gasteiger partial charge in [0.25, 0.3) is 0 Å². The maximum atomic E-state index is 5.53. The van der Waals surface area contributed by atoms with Crippen LogP contribution in [0.4, 0.5) is 5.69 Å². The molecule has 3 nitrogen and oxygen atoms in total. The normalized spacial score (nSPS) is 10.3. The highest BCUT2D eigenvalue weighted by Gasteiger charge is 1.86. The highest BCUT2D eigenvalue weighted by molar-refractivity contribution is 5.78. The third-order valence-electron chi connectivity index (χ3n) is 2.29. The van der Waals surface area contributed by atoms with E-state index < -0.39 is 0 Å². The molecule has 0 spiro atoms. The summed E-state index contributed by atoms with van der Waals surface area (Å²) < 4.78 is 0. The van der Waals surface area contributed by atoms with Crippen LogP contribution in [0.25, 0.3) is 0 Å². The summed E-state index contributed by atoms with van der Waals surface area (Å²) in [6.07, 6.45) is 7.42. The second kappa shape index (κ2) is 23.1. The highest BCUT2D eigenvalue weighted by Crippen LogP contribution is 2.04. The standard InChI is InChI=1S/C15H19N3.3C2H6/c1-3-14(11-16)10-9-13(2)12-17-18-15-7-5-4-6-8-15;3*1-2/h3-10,12,18H,1,11,16H2,2H3;3*1-2H3/b13-9+,14-10+,17-12+;;;. The number of nitrogens with zero attached hydrogens (tertiary/aromatic N) is 1. The van der Waals surface area contributed by atoms with Gasteiger partial charge in [-0.15, -0.1) is 0 Å². The van der Waals surface area contributed by atoms with Crippen molar-refractivity contribution < 1.29 is 0 Å². The molecule has 0 saturated carbocycles. The highest BCUT2D eigenvalue weighted by atomic mass is 15.3. The van der Waals surface area contributed by atoms with Crippen LogP contribution in [0.15, 0.2) is 71.4 Å².